The van der Waals surface area contributed by atoms with Gasteiger partial charge in [0.2, 0.25) is 0 Å². The van der Waals surface area contributed by atoms with E-state index in [0.717, 1.165) is 35.8 Å². The van der Waals surface area contributed by atoms with Gasteiger partial charge in [0, 0.05) is 19.3 Å². The smallest absolute Gasteiger partial charge is 0.161 e. The third-order valence-corrected chi connectivity index (χ3v) is 3.06. The minimum absolute atomic E-state index is 0.745. The minimum Gasteiger partial charge on any atom is -0.493 e. The molecule has 4 heteroatoms. The van der Waals surface area contributed by atoms with Gasteiger partial charge in [-0.15, -0.1) is 0 Å². The summed E-state index contributed by atoms with van der Waals surface area (Å²) in [5.41, 5.74) is 3.36. The lowest BCUT2D eigenvalue weighted by Crippen LogP contribution is -2.13. The number of nitrogens with one attached hydrogen (secondary N) is 1. The first-order valence-corrected chi connectivity index (χ1v) is 6.56. The molecule has 0 aliphatic rings. The maximum atomic E-state index is 5.29. The summed E-state index contributed by atoms with van der Waals surface area (Å²) >= 11 is 0. The number of aromatic nitrogens is 1. The van der Waals surface area contributed by atoms with Gasteiger partial charge in [0.25, 0.3) is 0 Å². The zero-order chi connectivity index (χ0) is 14.4. The van der Waals surface area contributed by atoms with E-state index in [2.05, 4.69) is 16.4 Å². The fourth-order valence-corrected chi connectivity index (χ4v) is 1.93. The van der Waals surface area contributed by atoms with Crippen molar-refractivity contribution in [2.45, 2.75) is 20.0 Å². The van der Waals surface area contributed by atoms with E-state index < -0.39 is 0 Å². The molecule has 4 nitrogen and oxygen atoms in total. The number of aryl methyl sites for hydroxylation is 1. The van der Waals surface area contributed by atoms with Gasteiger partial charge in [-0.1, -0.05) is 12.1 Å². The Morgan fingerprint density at radius 1 is 1.00 bits per heavy atom. The summed E-state index contributed by atoms with van der Waals surface area (Å²) in [6.07, 6.45) is 1.88. The first kappa shape index (κ1) is 14.3. The van der Waals surface area contributed by atoms with E-state index in [0.29, 0.717) is 0 Å². The molecule has 0 aliphatic heterocycles. The minimum atomic E-state index is 0.745. The quantitative estimate of drug-likeness (QED) is 0.878. The van der Waals surface area contributed by atoms with E-state index in [-0.39, 0.29) is 0 Å². The van der Waals surface area contributed by atoms with Gasteiger partial charge < -0.3 is 14.8 Å². The van der Waals surface area contributed by atoms with Gasteiger partial charge in [-0.05, 0) is 36.2 Å². The van der Waals surface area contributed by atoms with Crippen LogP contribution in [0.5, 0.6) is 11.5 Å². The Labute approximate surface area is 119 Å². The predicted molar refractivity (Wildman–Crippen MR) is 79.1 cm³/mol. The van der Waals surface area contributed by atoms with Crippen molar-refractivity contribution in [1.82, 2.24) is 10.3 Å². The largest absolute Gasteiger partial charge is 0.493 e. The lowest BCUT2D eigenvalue weighted by Gasteiger charge is -2.10. The maximum Gasteiger partial charge on any atom is 0.161 e. The van der Waals surface area contributed by atoms with E-state index in [1.54, 1.807) is 14.2 Å². The molecule has 0 atom stereocenters. The number of rotatable bonds is 6. The van der Waals surface area contributed by atoms with Crippen LogP contribution in [0.25, 0.3) is 0 Å². The van der Waals surface area contributed by atoms with Crippen LogP contribution in [0.1, 0.15) is 16.8 Å². The molecule has 0 spiro atoms. The molecular formula is C16H20N2O2. The van der Waals surface area contributed by atoms with E-state index in [4.69, 9.17) is 9.47 Å². The standard InChI is InChI=1S/C16H20N2O2/c1-12-4-6-14(18-9-12)11-17-10-13-5-7-15(19-2)16(8-13)20-3/h4-9,17H,10-11H2,1-3H3. The molecule has 0 unspecified atom stereocenters. The molecule has 0 aliphatic carbocycles. The first-order valence-electron chi connectivity index (χ1n) is 6.56. The highest BCUT2D eigenvalue weighted by Gasteiger charge is 2.04. The summed E-state index contributed by atoms with van der Waals surface area (Å²) in [6, 6.07) is 10.0. The van der Waals surface area contributed by atoms with E-state index in [1.165, 1.54) is 5.56 Å². The molecule has 1 aromatic carbocycles. The number of hydrogen-bond acceptors (Lipinski definition) is 4. The molecule has 0 bridgehead atoms. The van der Waals surface area contributed by atoms with Crippen molar-refractivity contribution in [3.63, 3.8) is 0 Å². The summed E-state index contributed by atoms with van der Waals surface area (Å²) < 4.78 is 10.5. The summed E-state index contributed by atoms with van der Waals surface area (Å²) in [7, 11) is 3.28. The fraction of sp³-hybridized carbons (Fsp3) is 0.312. The maximum absolute atomic E-state index is 5.29. The highest BCUT2D eigenvalue weighted by Crippen LogP contribution is 2.27. The Morgan fingerprint density at radius 2 is 1.80 bits per heavy atom. The van der Waals surface area contributed by atoms with Gasteiger partial charge in [0.15, 0.2) is 11.5 Å². The first-order chi connectivity index (χ1) is 9.72. The number of pyridine rings is 1. The summed E-state index contributed by atoms with van der Waals surface area (Å²) in [6.45, 7) is 3.54. The van der Waals surface area contributed by atoms with Crippen molar-refractivity contribution >= 4 is 0 Å². The van der Waals surface area contributed by atoms with Crippen molar-refractivity contribution in [3.05, 3.63) is 53.3 Å². The van der Waals surface area contributed by atoms with Gasteiger partial charge in [0.1, 0.15) is 0 Å². The highest BCUT2D eigenvalue weighted by molar-refractivity contribution is 5.42. The Balaban J connectivity index is 1.92. The average Bonchev–Trinajstić information content (AvgIpc) is 2.49. The SMILES string of the molecule is COc1ccc(CNCc2ccc(C)cn2)cc1OC. The lowest BCUT2D eigenvalue weighted by molar-refractivity contribution is 0.354. The van der Waals surface area contributed by atoms with Crippen molar-refractivity contribution < 1.29 is 9.47 Å². The number of nitrogens with zero attached hydrogens (tertiary/aromatic N) is 1. The molecule has 0 radical (unpaired) electrons. The third kappa shape index (κ3) is 3.71. The highest BCUT2D eigenvalue weighted by atomic mass is 16.5. The second kappa shape index (κ2) is 6.91. The zero-order valence-electron chi connectivity index (χ0n) is 12.1. The Bertz CT molecular complexity index is 553. The predicted octanol–water partition coefficient (Wildman–Crippen LogP) is 2.70. The van der Waals surface area contributed by atoms with Crippen molar-refractivity contribution in [2.24, 2.45) is 0 Å². The van der Waals surface area contributed by atoms with E-state index in [9.17, 15) is 0 Å². The number of ether oxygens (including phenoxy) is 2. The van der Waals surface area contributed by atoms with E-state index >= 15 is 0 Å². The van der Waals surface area contributed by atoms with Crippen molar-refractivity contribution in [2.75, 3.05) is 14.2 Å². The fourth-order valence-electron chi connectivity index (χ4n) is 1.93. The molecule has 0 fully saturated rings. The van der Waals surface area contributed by atoms with Crippen molar-refractivity contribution in [3.8, 4) is 11.5 Å². The Morgan fingerprint density at radius 3 is 2.45 bits per heavy atom. The second-order valence-corrected chi connectivity index (χ2v) is 4.62. The molecule has 1 N–H and O–H groups in total. The molecule has 2 rings (SSSR count). The number of benzene rings is 1. The summed E-state index contributed by atoms with van der Waals surface area (Å²) in [5, 5.41) is 3.37. The lowest BCUT2D eigenvalue weighted by atomic mass is 10.2. The van der Waals surface area contributed by atoms with Gasteiger partial charge in [-0.3, -0.25) is 4.98 Å². The molecule has 1 aromatic heterocycles. The Hall–Kier alpha value is -2.07. The van der Waals surface area contributed by atoms with Crippen LogP contribution in [-0.2, 0) is 13.1 Å². The van der Waals surface area contributed by atoms with E-state index in [1.807, 2.05) is 37.4 Å². The molecule has 2 aromatic rings. The number of hydrogen-bond donors (Lipinski definition) is 1. The van der Waals surface area contributed by atoms with Crippen LogP contribution in [0, 0.1) is 6.92 Å². The molecule has 0 saturated carbocycles. The van der Waals surface area contributed by atoms with Crippen LogP contribution in [0.3, 0.4) is 0 Å². The van der Waals surface area contributed by atoms with Crippen LogP contribution >= 0.6 is 0 Å². The van der Waals surface area contributed by atoms with Crippen LogP contribution in [-0.4, -0.2) is 19.2 Å². The Kier molecular flexibility index (Phi) is 4.96. The van der Waals surface area contributed by atoms with Crippen LogP contribution < -0.4 is 14.8 Å². The average molecular weight is 272 g/mol. The summed E-state index contributed by atoms with van der Waals surface area (Å²) in [4.78, 5) is 4.36. The molecule has 0 saturated heterocycles. The molecule has 20 heavy (non-hydrogen) atoms. The molecule has 0 amide bonds. The van der Waals surface area contributed by atoms with Gasteiger partial charge in [0.05, 0.1) is 19.9 Å². The van der Waals surface area contributed by atoms with Gasteiger partial charge in [-0.25, -0.2) is 0 Å². The second-order valence-electron chi connectivity index (χ2n) is 4.62. The monoisotopic (exact) mass is 272 g/mol. The van der Waals surface area contributed by atoms with Crippen LogP contribution in [0.4, 0.5) is 0 Å². The number of methoxy groups -OCH3 is 2. The van der Waals surface area contributed by atoms with Gasteiger partial charge >= 0.3 is 0 Å². The van der Waals surface area contributed by atoms with Crippen LogP contribution in [0.2, 0.25) is 0 Å². The molecule has 1 heterocycles. The van der Waals surface area contributed by atoms with Crippen molar-refractivity contribution in [1.29, 1.82) is 0 Å². The van der Waals surface area contributed by atoms with Gasteiger partial charge in [-0.2, -0.15) is 0 Å². The third-order valence-electron chi connectivity index (χ3n) is 3.06. The molecule has 106 valence electrons. The summed E-state index contributed by atoms with van der Waals surface area (Å²) in [5.74, 6) is 1.50. The normalized spacial score (nSPS) is 10.3. The topological polar surface area (TPSA) is 43.4 Å². The molecular weight excluding hydrogens is 252 g/mol. The van der Waals surface area contributed by atoms with Crippen LogP contribution in [0.15, 0.2) is 36.5 Å². The zero-order valence-corrected chi connectivity index (χ0v) is 12.1.